The van der Waals surface area contributed by atoms with Crippen LogP contribution in [0.25, 0.3) is 0 Å². The van der Waals surface area contributed by atoms with Gasteiger partial charge in [-0.15, -0.1) is 0 Å². The van der Waals surface area contributed by atoms with Gasteiger partial charge in [0, 0.05) is 17.8 Å². The van der Waals surface area contributed by atoms with Gasteiger partial charge in [-0.1, -0.05) is 0 Å². The first-order chi connectivity index (χ1) is 9.81. The molecule has 0 aliphatic rings. The molecule has 0 unspecified atom stereocenters. The minimum atomic E-state index is -4.39. The number of nitrogen functional groups attached to an aromatic ring is 1. The average molecular weight is 300 g/mol. The van der Waals surface area contributed by atoms with Gasteiger partial charge in [0.2, 0.25) is 0 Å². The Kier molecular flexibility index (Phi) is 3.93. The van der Waals surface area contributed by atoms with E-state index in [0.29, 0.717) is 11.4 Å². The predicted molar refractivity (Wildman–Crippen MR) is 72.1 cm³/mol. The van der Waals surface area contributed by atoms with Crippen LogP contribution >= 0.6 is 0 Å². The second-order valence-corrected chi connectivity index (χ2v) is 4.27. The summed E-state index contributed by atoms with van der Waals surface area (Å²) in [5, 5.41) is 2.81. The van der Waals surface area contributed by atoms with Gasteiger partial charge in [-0.3, -0.25) is 0 Å². The molecule has 0 saturated carbocycles. The maximum absolute atomic E-state index is 13.4. The third-order valence-corrected chi connectivity index (χ3v) is 2.82. The normalized spacial score (nSPS) is 11.3. The van der Waals surface area contributed by atoms with Crippen LogP contribution < -0.4 is 15.8 Å². The van der Waals surface area contributed by atoms with Crippen molar-refractivity contribution in [2.24, 2.45) is 0 Å². The lowest BCUT2D eigenvalue weighted by molar-refractivity contribution is -0.137. The highest BCUT2D eigenvalue weighted by atomic mass is 19.4. The number of ether oxygens (including phenoxy) is 1. The fourth-order valence-corrected chi connectivity index (χ4v) is 1.73. The number of nitrogens with one attached hydrogen (secondary N) is 1. The van der Waals surface area contributed by atoms with Crippen LogP contribution in [0, 0.1) is 5.82 Å². The summed E-state index contributed by atoms with van der Waals surface area (Å²) < 4.78 is 55.6. The van der Waals surface area contributed by atoms with E-state index < -0.39 is 17.6 Å². The third-order valence-electron chi connectivity index (χ3n) is 2.82. The molecular formula is C14H12F4N2O. The summed E-state index contributed by atoms with van der Waals surface area (Å²) >= 11 is 0. The van der Waals surface area contributed by atoms with Gasteiger partial charge in [0.15, 0.2) is 11.6 Å². The summed E-state index contributed by atoms with van der Waals surface area (Å²) in [5.74, 6) is -0.633. The zero-order valence-corrected chi connectivity index (χ0v) is 11.0. The van der Waals surface area contributed by atoms with Crippen LogP contribution in [0.5, 0.6) is 5.75 Å². The van der Waals surface area contributed by atoms with E-state index in [-0.39, 0.29) is 11.4 Å². The van der Waals surface area contributed by atoms with E-state index >= 15 is 0 Å². The maximum atomic E-state index is 13.4. The molecule has 2 aromatic rings. The Morgan fingerprint density at radius 2 is 1.71 bits per heavy atom. The smallest absolute Gasteiger partial charge is 0.416 e. The number of anilines is 3. The fourth-order valence-electron chi connectivity index (χ4n) is 1.73. The van der Waals surface area contributed by atoms with Gasteiger partial charge in [0.25, 0.3) is 0 Å². The van der Waals surface area contributed by atoms with Gasteiger partial charge in [-0.05, 0) is 24.3 Å². The quantitative estimate of drug-likeness (QED) is 0.660. The molecule has 112 valence electrons. The van der Waals surface area contributed by atoms with E-state index in [1.165, 1.54) is 25.3 Å². The molecule has 0 spiro atoms. The van der Waals surface area contributed by atoms with Crippen LogP contribution in [0.15, 0.2) is 36.4 Å². The van der Waals surface area contributed by atoms with Crippen LogP contribution in [0.1, 0.15) is 5.56 Å². The number of nitrogens with two attached hydrogens (primary N) is 1. The average Bonchev–Trinajstić information content (AvgIpc) is 2.41. The summed E-state index contributed by atoms with van der Waals surface area (Å²) in [7, 11) is 1.30. The number of methoxy groups -OCH3 is 1. The molecule has 2 aromatic carbocycles. The van der Waals surface area contributed by atoms with Crippen molar-refractivity contribution in [3.05, 3.63) is 47.8 Å². The molecule has 7 heteroatoms. The molecule has 0 heterocycles. The number of hydrogen-bond acceptors (Lipinski definition) is 3. The fraction of sp³-hybridized carbons (Fsp3) is 0.143. The molecule has 3 nitrogen and oxygen atoms in total. The second-order valence-electron chi connectivity index (χ2n) is 4.27. The van der Waals surface area contributed by atoms with Gasteiger partial charge in [0.1, 0.15) is 0 Å². The molecule has 0 aliphatic carbocycles. The lowest BCUT2D eigenvalue weighted by atomic mass is 10.2. The molecule has 3 N–H and O–H groups in total. The topological polar surface area (TPSA) is 47.3 Å². The minimum Gasteiger partial charge on any atom is -0.494 e. The zero-order valence-electron chi connectivity index (χ0n) is 11.0. The van der Waals surface area contributed by atoms with Crippen molar-refractivity contribution in [2.45, 2.75) is 6.18 Å². The molecule has 0 atom stereocenters. The Morgan fingerprint density at radius 3 is 2.24 bits per heavy atom. The van der Waals surface area contributed by atoms with E-state index in [2.05, 4.69) is 5.32 Å². The summed E-state index contributed by atoms with van der Waals surface area (Å²) in [6.07, 6.45) is -4.39. The Labute approximate surface area is 118 Å². The molecule has 2 rings (SSSR count). The van der Waals surface area contributed by atoms with Crippen LogP contribution in [-0.2, 0) is 6.18 Å². The molecule has 0 amide bonds. The predicted octanol–water partition coefficient (Wildman–Crippen LogP) is 4.18. The monoisotopic (exact) mass is 300 g/mol. The van der Waals surface area contributed by atoms with Crippen molar-refractivity contribution in [2.75, 3.05) is 18.2 Å². The highest BCUT2D eigenvalue weighted by Gasteiger charge is 2.29. The van der Waals surface area contributed by atoms with Gasteiger partial charge in [0.05, 0.1) is 24.0 Å². The Balaban J connectivity index is 2.26. The Morgan fingerprint density at radius 1 is 1.10 bits per heavy atom. The van der Waals surface area contributed by atoms with E-state index in [1.54, 1.807) is 0 Å². The number of benzene rings is 2. The highest BCUT2D eigenvalue weighted by molar-refractivity contribution is 5.74. The van der Waals surface area contributed by atoms with Gasteiger partial charge in [-0.2, -0.15) is 13.2 Å². The van der Waals surface area contributed by atoms with Crippen molar-refractivity contribution in [1.82, 2.24) is 0 Å². The first-order valence-electron chi connectivity index (χ1n) is 5.88. The standard InChI is InChI=1S/C14H12F4N2O/c1-21-13-7-12(11(19)6-10(13)15)20-9-4-2-8(3-5-9)14(16,17)18/h2-7,20H,19H2,1H3. The maximum Gasteiger partial charge on any atom is 0.416 e. The molecule has 0 bridgehead atoms. The zero-order chi connectivity index (χ0) is 15.6. The van der Waals surface area contributed by atoms with E-state index in [0.717, 1.165) is 18.2 Å². The van der Waals surface area contributed by atoms with Crippen molar-refractivity contribution >= 4 is 17.1 Å². The largest absolute Gasteiger partial charge is 0.494 e. The first kappa shape index (κ1) is 15.0. The summed E-state index contributed by atoms with van der Waals surface area (Å²) in [6.45, 7) is 0. The number of alkyl halides is 3. The van der Waals surface area contributed by atoms with Gasteiger partial charge in [-0.25, -0.2) is 4.39 Å². The lowest BCUT2D eigenvalue weighted by Gasteiger charge is -2.13. The third kappa shape index (κ3) is 3.36. The van der Waals surface area contributed by atoms with Crippen molar-refractivity contribution in [3.63, 3.8) is 0 Å². The molecule has 0 saturated heterocycles. The molecule has 0 radical (unpaired) electrons. The number of rotatable bonds is 3. The van der Waals surface area contributed by atoms with Crippen LogP contribution in [0.4, 0.5) is 34.6 Å². The molecular weight excluding hydrogens is 288 g/mol. The first-order valence-corrected chi connectivity index (χ1v) is 5.88. The van der Waals surface area contributed by atoms with Crippen molar-refractivity contribution in [1.29, 1.82) is 0 Å². The van der Waals surface area contributed by atoms with Gasteiger partial charge < -0.3 is 15.8 Å². The summed E-state index contributed by atoms with van der Waals surface area (Å²) in [4.78, 5) is 0. The van der Waals surface area contributed by atoms with E-state index in [1.807, 2.05) is 0 Å². The van der Waals surface area contributed by atoms with Crippen LogP contribution in [0.3, 0.4) is 0 Å². The summed E-state index contributed by atoms with van der Waals surface area (Å²) in [6, 6.07) is 6.82. The number of halogens is 4. The number of hydrogen-bond donors (Lipinski definition) is 2. The minimum absolute atomic E-state index is 0.0152. The Bertz CT molecular complexity index is 639. The molecule has 21 heavy (non-hydrogen) atoms. The van der Waals surface area contributed by atoms with Gasteiger partial charge >= 0.3 is 6.18 Å². The van der Waals surface area contributed by atoms with Crippen molar-refractivity contribution in [3.8, 4) is 5.75 Å². The van der Waals surface area contributed by atoms with E-state index in [9.17, 15) is 17.6 Å². The molecule has 0 fully saturated rings. The lowest BCUT2D eigenvalue weighted by Crippen LogP contribution is -2.04. The summed E-state index contributed by atoms with van der Waals surface area (Å²) in [5.41, 5.74) is 5.75. The van der Waals surface area contributed by atoms with Crippen LogP contribution in [-0.4, -0.2) is 7.11 Å². The van der Waals surface area contributed by atoms with Crippen molar-refractivity contribution < 1.29 is 22.3 Å². The van der Waals surface area contributed by atoms with Crippen LogP contribution in [0.2, 0.25) is 0 Å². The highest BCUT2D eigenvalue weighted by Crippen LogP contribution is 2.33. The van der Waals surface area contributed by atoms with E-state index in [4.69, 9.17) is 10.5 Å². The molecule has 0 aromatic heterocycles. The second kappa shape index (κ2) is 5.51. The molecule has 0 aliphatic heterocycles. The SMILES string of the molecule is COc1cc(Nc2ccc(C(F)(F)F)cc2)c(N)cc1F. The Hall–Kier alpha value is -2.44.